The van der Waals surface area contributed by atoms with Crippen LogP contribution in [-0.4, -0.2) is 80.1 Å². The summed E-state index contributed by atoms with van der Waals surface area (Å²) >= 11 is 0. The maximum Gasteiger partial charge on any atom is 0.326 e. The van der Waals surface area contributed by atoms with Gasteiger partial charge >= 0.3 is 12.0 Å². The minimum absolute atomic E-state index is 0.0335. The first-order valence-electron chi connectivity index (χ1n) is 14.0. The molecular formula is C30H40N6O6. The molecule has 226 valence electrons. The molecule has 1 aromatic carbocycles. The summed E-state index contributed by atoms with van der Waals surface area (Å²) in [5.74, 6) is 0.00359. The summed E-state index contributed by atoms with van der Waals surface area (Å²) in [6, 6.07) is 6.35. The van der Waals surface area contributed by atoms with Crippen molar-refractivity contribution in [2.24, 2.45) is 5.41 Å². The molecule has 3 atom stereocenters. The van der Waals surface area contributed by atoms with Crippen molar-refractivity contribution in [2.45, 2.75) is 78.1 Å². The number of nitrogens with one attached hydrogen (secondary N) is 2. The highest BCUT2D eigenvalue weighted by Crippen LogP contribution is 2.34. The number of pyridine rings is 1. The Hall–Kier alpha value is -4.35. The Balaban J connectivity index is 1.65. The lowest BCUT2D eigenvalue weighted by molar-refractivity contribution is -0.150. The van der Waals surface area contributed by atoms with Crippen LogP contribution in [0.4, 0.5) is 4.79 Å². The molecule has 4 rings (SSSR count). The lowest BCUT2D eigenvalue weighted by Gasteiger charge is -2.37. The lowest BCUT2D eigenvalue weighted by atomic mass is 9.81. The summed E-state index contributed by atoms with van der Waals surface area (Å²) in [6.07, 6.45) is 3.42. The minimum atomic E-state index is -1.14. The summed E-state index contributed by atoms with van der Waals surface area (Å²) in [7, 11) is 1.57. The van der Waals surface area contributed by atoms with Gasteiger partial charge in [0.25, 0.3) is 0 Å². The molecule has 0 spiro atoms. The Morgan fingerprint density at radius 1 is 1.17 bits per heavy atom. The fourth-order valence-corrected chi connectivity index (χ4v) is 4.92. The predicted octanol–water partition coefficient (Wildman–Crippen LogP) is 3.76. The Labute approximate surface area is 245 Å². The highest BCUT2D eigenvalue weighted by Gasteiger charge is 2.46. The Morgan fingerprint density at radius 2 is 1.90 bits per heavy atom. The summed E-state index contributed by atoms with van der Waals surface area (Å²) in [4.78, 5) is 45.2. The van der Waals surface area contributed by atoms with Crippen molar-refractivity contribution in [1.82, 2.24) is 30.3 Å². The van der Waals surface area contributed by atoms with Gasteiger partial charge in [0.1, 0.15) is 29.7 Å². The van der Waals surface area contributed by atoms with Crippen LogP contribution in [0.3, 0.4) is 0 Å². The first kappa shape index (κ1) is 30.6. The number of aromatic nitrogens is 3. The molecule has 2 aromatic heterocycles. The Morgan fingerprint density at radius 3 is 2.50 bits per heavy atom. The quantitative estimate of drug-likeness (QED) is 0.347. The number of ether oxygens (including phenoxy) is 2. The molecule has 3 heterocycles. The van der Waals surface area contributed by atoms with Crippen LogP contribution in [0.1, 0.15) is 54.4 Å². The van der Waals surface area contributed by atoms with Crippen LogP contribution < -0.4 is 20.1 Å². The van der Waals surface area contributed by atoms with Gasteiger partial charge in [-0.25, -0.2) is 19.3 Å². The SMILES string of the molecule is CCC(C)(C)[C@H](NC(=O)NC(C)(C)C)C(=O)N1CC(Oc2cc(-n3cccn3)nc3cc(OC)ccc23)CC1C(=O)O. The third kappa shape index (κ3) is 6.75. The van der Waals surface area contributed by atoms with E-state index in [-0.39, 0.29) is 13.0 Å². The van der Waals surface area contributed by atoms with Gasteiger partial charge in [0.05, 0.1) is 19.2 Å². The number of fused-ring (bicyclic) bond motifs is 1. The number of carbonyl (C=O) groups is 3. The van der Waals surface area contributed by atoms with E-state index < -0.39 is 47.0 Å². The van der Waals surface area contributed by atoms with E-state index in [0.29, 0.717) is 34.6 Å². The molecule has 0 bridgehead atoms. The standard InChI is InChI=1S/C30H40N6O6/c1-8-30(5,6)25(33-28(40)34-29(2,3)4)26(37)35-17-19(15-22(35)27(38)39)42-23-16-24(36-13-9-12-31-36)32-21-14-18(41-7)10-11-20(21)23/h9-14,16,19,22,25H,8,15,17H2,1-7H3,(H,38,39)(H2,33,34,40)/t19?,22?,25-/m1/s1. The second kappa shape index (κ2) is 11.9. The van der Waals surface area contributed by atoms with E-state index >= 15 is 0 Å². The van der Waals surface area contributed by atoms with Gasteiger partial charge < -0.3 is 30.1 Å². The second-order valence-corrected chi connectivity index (χ2v) is 12.3. The van der Waals surface area contributed by atoms with E-state index in [1.807, 2.05) is 47.6 Å². The molecule has 42 heavy (non-hydrogen) atoms. The normalized spacial score (nSPS) is 18.0. The molecule has 1 saturated heterocycles. The van der Waals surface area contributed by atoms with Crippen molar-refractivity contribution in [2.75, 3.05) is 13.7 Å². The number of hydrogen-bond donors (Lipinski definition) is 3. The average molecular weight is 581 g/mol. The molecule has 12 nitrogen and oxygen atoms in total. The van der Waals surface area contributed by atoms with Crippen molar-refractivity contribution in [3.63, 3.8) is 0 Å². The molecule has 2 unspecified atom stereocenters. The molecule has 3 amide bonds. The smallest absolute Gasteiger partial charge is 0.326 e. The zero-order valence-electron chi connectivity index (χ0n) is 25.2. The van der Waals surface area contributed by atoms with Crippen LogP contribution in [0.15, 0.2) is 42.7 Å². The van der Waals surface area contributed by atoms with E-state index in [9.17, 15) is 19.5 Å². The number of methoxy groups -OCH3 is 1. The highest BCUT2D eigenvalue weighted by molar-refractivity contribution is 5.91. The Bertz CT molecular complexity index is 1450. The van der Waals surface area contributed by atoms with Crippen LogP contribution in [0.2, 0.25) is 0 Å². The summed E-state index contributed by atoms with van der Waals surface area (Å²) < 4.78 is 13.4. The lowest BCUT2D eigenvalue weighted by Crippen LogP contribution is -2.60. The fraction of sp³-hybridized carbons (Fsp3) is 0.500. The molecule has 1 aliphatic rings. The van der Waals surface area contributed by atoms with E-state index in [4.69, 9.17) is 14.5 Å². The molecule has 0 radical (unpaired) electrons. The van der Waals surface area contributed by atoms with Gasteiger partial charge in [0.2, 0.25) is 5.91 Å². The number of nitrogens with zero attached hydrogens (tertiary/aromatic N) is 4. The van der Waals surface area contributed by atoms with Crippen LogP contribution in [0.5, 0.6) is 11.5 Å². The molecule has 0 aliphatic carbocycles. The molecule has 3 aromatic rings. The predicted molar refractivity (Wildman–Crippen MR) is 157 cm³/mol. The van der Waals surface area contributed by atoms with Gasteiger partial charge in [0.15, 0.2) is 5.82 Å². The number of carboxylic acids is 1. The van der Waals surface area contributed by atoms with Crippen LogP contribution in [-0.2, 0) is 9.59 Å². The zero-order chi connectivity index (χ0) is 30.8. The van der Waals surface area contributed by atoms with Crippen molar-refractivity contribution >= 4 is 28.8 Å². The van der Waals surface area contributed by atoms with Gasteiger partial charge in [-0.05, 0) is 50.8 Å². The van der Waals surface area contributed by atoms with Crippen LogP contribution >= 0.6 is 0 Å². The average Bonchev–Trinajstić information content (AvgIpc) is 3.61. The van der Waals surface area contributed by atoms with Gasteiger partial charge in [0, 0.05) is 41.9 Å². The van der Waals surface area contributed by atoms with E-state index in [0.717, 1.165) is 0 Å². The van der Waals surface area contributed by atoms with Crippen molar-refractivity contribution in [3.05, 3.63) is 42.7 Å². The van der Waals surface area contributed by atoms with Crippen LogP contribution in [0, 0.1) is 5.41 Å². The van der Waals surface area contributed by atoms with E-state index in [1.54, 1.807) is 48.5 Å². The number of benzene rings is 1. The Kier molecular flexibility index (Phi) is 8.65. The van der Waals surface area contributed by atoms with E-state index in [2.05, 4.69) is 15.7 Å². The first-order chi connectivity index (χ1) is 19.7. The summed E-state index contributed by atoms with van der Waals surface area (Å²) in [5.41, 5.74) is -0.555. The molecule has 1 fully saturated rings. The minimum Gasteiger partial charge on any atom is -0.497 e. The van der Waals surface area contributed by atoms with Crippen molar-refractivity contribution < 1.29 is 29.0 Å². The molecule has 12 heteroatoms. The fourth-order valence-electron chi connectivity index (χ4n) is 4.92. The number of likely N-dealkylation sites (tertiary alicyclic amines) is 1. The van der Waals surface area contributed by atoms with Crippen molar-refractivity contribution in [3.8, 4) is 17.3 Å². The zero-order valence-corrected chi connectivity index (χ0v) is 25.2. The number of aliphatic carboxylic acids is 1. The van der Waals surface area contributed by atoms with Crippen molar-refractivity contribution in [1.29, 1.82) is 0 Å². The maximum atomic E-state index is 14.0. The third-order valence-electron chi connectivity index (χ3n) is 7.53. The van der Waals surface area contributed by atoms with Gasteiger partial charge in [-0.15, -0.1) is 0 Å². The monoisotopic (exact) mass is 580 g/mol. The molecule has 0 saturated carbocycles. The number of amides is 3. The topological polar surface area (TPSA) is 148 Å². The maximum absolute atomic E-state index is 14.0. The number of carbonyl (C=O) groups excluding carboxylic acids is 2. The number of carboxylic acid groups (broad SMARTS) is 1. The van der Waals surface area contributed by atoms with E-state index in [1.165, 1.54) is 4.90 Å². The largest absolute Gasteiger partial charge is 0.497 e. The number of hydrogen-bond acceptors (Lipinski definition) is 7. The third-order valence-corrected chi connectivity index (χ3v) is 7.53. The molecule has 1 aliphatic heterocycles. The number of urea groups is 1. The van der Waals surface area contributed by atoms with Gasteiger partial charge in [-0.2, -0.15) is 5.10 Å². The van der Waals surface area contributed by atoms with Gasteiger partial charge in [-0.1, -0.05) is 20.8 Å². The summed E-state index contributed by atoms with van der Waals surface area (Å²) in [6.45, 7) is 11.2. The number of rotatable bonds is 9. The molecular weight excluding hydrogens is 540 g/mol. The van der Waals surface area contributed by atoms with Crippen LogP contribution in [0.25, 0.3) is 16.7 Å². The molecule has 3 N–H and O–H groups in total. The highest BCUT2D eigenvalue weighted by atomic mass is 16.5. The first-order valence-corrected chi connectivity index (χ1v) is 14.0. The summed E-state index contributed by atoms with van der Waals surface area (Å²) in [5, 5.41) is 20.7. The van der Waals surface area contributed by atoms with Gasteiger partial charge in [-0.3, -0.25) is 4.79 Å². The second-order valence-electron chi connectivity index (χ2n) is 12.3.